The largest absolute Gasteiger partial charge is 0.493 e. The zero-order chi connectivity index (χ0) is 24.9. The van der Waals surface area contributed by atoms with Crippen LogP contribution in [0.25, 0.3) is 0 Å². The minimum absolute atomic E-state index is 0.0626. The molecule has 6 heteroatoms. The van der Waals surface area contributed by atoms with Crippen LogP contribution in [0.15, 0.2) is 71.1 Å². The second-order valence-electron chi connectivity index (χ2n) is 9.07. The molecule has 0 aromatic heterocycles. The van der Waals surface area contributed by atoms with Gasteiger partial charge < -0.3 is 19.5 Å². The minimum atomic E-state index is -0.527. The summed E-state index contributed by atoms with van der Waals surface area (Å²) < 4.78 is 17.4. The number of ether oxygens (including phenoxy) is 3. The molecular formula is C29H33NO5. The predicted octanol–water partition coefficient (Wildman–Crippen LogP) is 5.58. The summed E-state index contributed by atoms with van der Waals surface area (Å²) in [6, 6.07) is 15.5. The van der Waals surface area contributed by atoms with E-state index >= 15 is 0 Å². The molecule has 0 spiro atoms. The lowest BCUT2D eigenvalue weighted by atomic mass is 9.75. The average molecular weight is 476 g/mol. The molecule has 0 radical (unpaired) electrons. The molecule has 0 fully saturated rings. The van der Waals surface area contributed by atoms with E-state index in [4.69, 9.17) is 14.2 Å². The molecule has 1 heterocycles. The van der Waals surface area contributed by atoms with Crippen LogP contribution in [0.1, 0.15) is 63.5 Å². The fourth-order valence-corrected chi connectivity index (χ4v) is 4.64. The second-order valence-corrected chi connectivity index (χ2v) is 9.07. The number of carbonyl (C=O) groups excluding carboxylic acids is 2. The standard InChI is InChI=1S/C29H33NO5/c1-5-18(2)35-29(32)26-19(3)30-22-12-9-13-23(31)28(22)27(26)21-14-15-24(33-4)25(16-21)34-17-20-10-7-6-8-11-20/h6-8,10-11,14-16,18,27,30H,5,9,12-13,17H2,1-4H3/t18-,27+/m0/s1. The summed E-state index contributed by atoms with van der Waals surface area (Å²) >= 11 is 0. The Morgan fingerprint density at radius 2 is 1.89 bits per heavy atom. The maximum absolute atomic E-state index is 13.4. The summed E-state index contributed by atoms with van der Waals surface area (Å²) in [5.41, 5.74) is 4.57. The van der Waals surface area contributed by atoms with E-state index in [2.05, 4.69) is 5.32 Å². The first-order chi connectivity index (χ1) is 16.9. The molecule has 0 unspecified atom stereocenters. The number of dihydropyridines is 1. The highest BCUT2D eigenvalue weighted by Crippen LogP contribution is 2.44. The number of carbonyl (C=O) groups is 2. The van der Waals surface area contributed by atoms with Crippen molar-refractivity contribution >= 4 is 11.8 Å². The Labute approximate surface area is 207 Å². The number of Topliss-reactive ketones (excluding diaryl/α,β-unsaturated/α-hetero) is 1. The normalized spacial score (nSPS) is 18.5. The minimum Gasteiger partial charge on any atom is -0.493 e. The summed E-state index contributed by atoms with van der Waals surface area (Å²) in [5, 5.41) is 3.34. The van der Waals surface area contributed by atoms with Gasteiger partial charge in [-0.2, -0.15) is 0 Å². The quantitative estimate of drug-likeness (QED) is 0.502. The maximum Gasteiger partial charge on any atom is 0.337 e. The van der Waals surface area contributed by atoms with E-state index in [1.165, 1.54) is 0 Å². The van der Waals surface area contributed by atoms with Crippen molar-refractivity contribution in [2.24, 2.45) is 0 Å². The summed E-state index contributed by atoms with van der Waals surface area (Å²) in [7, 11) is 1.60. The van der Waals surface area contributed by atoms with Gasteiger partial charge in [0, 0.05) is 29.3 Å². The SMILES string of the molecule is CC[C@H](C)OC(=O)C1=C(C)NC2=C(C(=O)CCC2)[C@@H]1c1ccc(OC)c(OCc2ccccc2)c1. The highest BCUT2D eigenvalue weighted by atomic mass is 16.5. The van der Waals surface area contributed by atoms with Crippen molar-refractivity contribution in [3.8, 4) is 11.5 Å². The molecule has 6 nitrogen and oxygen atoms in total. The Morgan fingerprint density at radius 3 is 2.60 bits per heavy atom. The summed E-state index contributed by atoms with van der Waals surface area (Å²) in [6.45, 7) is 6.09. The molecule has 4 rings (SSSR count). The second kappa shape index (κ2) is 10.8. The van der Waals surface area contributed by atoms with Crippen molar-refractivity contribution in [1.82, 2.24) is 5.32 Å². The fraction of sp³-hybridized carbons (Fsp3) is 0.379. The zero-order valence-electron chi connectivity index (χ0n) is 20.9. The van der Waals surface area contributed by atoms with E-state index in [0.717, 1.165) is 35.4 Å². The third kappa shape index (κ3) is 5.26. The molecule has 1 aliphatic carbocycles. The number of hydrogen-bond donors (Lipinski definition) is 1. The number of hydrogen-bond acceptors (Lipinski definition) is 6. The molecule has 2 aliphatic rings. The van der Waals surface area contributed by atoms with Gasteiger partial charge in [-0.1, -0.05) is 43.3 Å². The number of benzene rings is 2. The molecule has 0 amide bonds. The van der Waals surface area contributed by atoms with Gasteiger partial charge in [-0.15, -0.1) is 0 Å². The van der Waals surface area contributed by atoms with Crippen LogP contribution in [0.3, 0.4) is 0 Å². The van der Waals surface area contributed by atoms with Crippen LogP contribution >= 0.6 is 0 Å². The Hall–Kier alpha value is -3.54. The Morgan fingerprint density at radius 1 is 1.11 bits per heavy atom. The van der Waals surface area contributed by atoms with E-state index in [1.54, 1.807) is 7.11 Å². The molecule has 184 valence electrons. The monoisotopic (exact) mass is 475 g/mol. The van der Waals surface area contributed by atoms with Crippen molar-refractivity contribution in [2.45, 2.75) is 65.1 Å². The number of esters is 1. The topological polar surface area (TPSA) is 73.9 Å². The predicted molar refractivity (Wildman–Crippen MR) is 134 cm³/mol. The van der Waals surface area contributed by atoms with E-state index in [0.29, 0.717) is 42.1 Å². The molecule has 1 aliphatic heterocycles. The third-order valence-corrected chi connectivity index (χ3v) is 6.64. The number of ketones is 1. The van der Waals surface area contributed by atoms with Gasteiger partial charge >= 0.3 is 5.97 Å². The fourth-order valence-electron chi connectivity index (χ4n) is 4.64. The number of methoxy groups -OCH3 is 1. The van der Waals surface area contributed by atoms with Crippen molar-refractivity contribution in [2.75, 3.05) is 7.11 Å². The number of rotatable bonds is 8. The molecule has 2 aromatic carbocycles. The molecule has 0 bridgehead atoms. The molecular weight excluding hydrogens is 442 g/mol. The van der Waals surface area contributed by atoms with Crippen LogP contribution in [0.4, 0.5) is 0 Å². The van der Waals surface area contributed by atoms with Gasteiger partial charge in [-0.3, -0.25) is 4.79 Å². The Kier molecular flexibility index (Phi) is 7.59. The van der Waals surface area contributed by atoms with Gasteiger partial charge in [0.25, 0.3) is 0 Å². The van der Waals surface area contributed by atoms with Crippen LogP contribution in [0.2, 0.25) is 0 Å². The van der Waals surface area contributed by atoms with Gasteiger partial charge in [0.2, 0.25) is 0 Å². The van der Waals surface area contributed by atoms with Crippen LogP contribution in [0, 0.1) is 0 Å². The summed E-state index contributed by atoms with van der Waals surface area (Å²) in [5.74, 6) is 0.285. The molecule has 0 saturated heterocycles. The van der Waals surface area contributed by atoms with E-state index in [1.807, 2.05) is 69.3 Å². The van der Waals surface area contributed by atoms with Crippen molar-refractivity contribution in [3.05, 3.63) is 82.2 Å². The van der Waals surface area contributed by atoms with Crippen LogP contribution in [-0.4, -0.2) is 25.0 Å². The van der Waals surface area contributed by atoms with E-state index in [9.17, 15) is 9.59 Å². The van der Waals surface area contributed by atoms with Crippen LogP contribution in [-0.2, 0) is 20.9 Å². The molecule has 35 heavy (non-hydrogen) atoms. The van der Waals surface area contributed by atoms with Gasteiger partial charge in [-0.25, -0.2) is 4.79 Å². The first kappa shape index (κ1) is 24.6. The Bertz CT molecular complexity index is 1160. The van der Waals surface area contributed by atoms with Crippen molar-refractivity contribution < 1.29 is 23.8 Å². The summed E-state index contributed by atoms with van der Waals surface area (Å²) in [4.78, 5) is 26.5. The van der Waals surface area contributed by atoms with Gasteiger partial charge in [0.05, 0.1) is 18.8 Å². The first-order valence-corrected chi connectivity index (χ1v) is 12.2. The number of nitrogens with one attached hydrogen (secondary N) is 1. The van der Waals surface area contributed by atoms with Gasteiger partial charge in [-0.05, 0) is 56.4 Å². The number of allylic oxidation sites excluding steroid dienone is 3. The first-order valence-electron chi connectivity index (χ1n) is 12.2. The smallest absolute Gasteiger partial charge is 0.337 e. The summed E-state index contributed by atoms with van der Waals surface area (Å²) in [6.07, 6.45) is 2.53. The molecule has 2 aromatic rings. The lowest BCUT2D eigenvalue weighted by Gasteiger charge is -2.34. The average Bonchev–Trinajstić information content (AvgIpc) is 2.87. The van der Waals surface area contributed by atoms with Crippen molar-refractivity contribution in [1.29, 1.82) is 0 Å². The zero-order valence-corrected chi connectivity index (χ0v) is 20.9. The highest BCUT2D eigenvalue weighted by Gasteiger charge is 2.39. The molecule has 0 saturated carbocycles. The lowest BCUT2D eigenvalue weighted by Crippen LogP contribution is -2.35. The molecule has 2 atom stereocenters. The Balaban J connectivity index is 1.76. The highest BCUT2D eigenvalue weighted by molar-refractivity contribution is 6.03. The van der Waals surface area contributed by atoms with E-state index < -0.39 is 11.9 Å². The van der Waals surface area contributed by atoms with Gasteiger partial charge in [0.15, 0.2) is 17.3 Å². The van der Waals surface area contributed by atoms with Gasteiger partial charge in [0.1, 0.15) is 6.61 Å². The van der Waals surface area contributed by atoms with Crippen molar-refractivity contribution in [3.63, 3.8) is 0 Å². The van der Waals surface area contributed by atoms with E-state index in [-0.39, 0.29) is 11.9 Å². The van der Waals surface area contributed by atoms with Crippen LogP contribution in [0.5, 0.6) is 11.5 Å². The molecule has 1 N–H and O–H groups in total. The maximum atomic E-state index is 13.4. The third-order valence-electron chi connectivity index (χ3n) is 6.64. The van der Waals surface area contributed by atoms with Crippen LogP contribution < -0.4 is 14.8 Å². The lowest BCUT2D eigenvalue weighted by molar-refractivity contribution is -0.144.